The minimum absolute atomic E-state index is 0.101. The second-order valence-electron chi connectivity index (χ2n) is 6.12. The minimum atomic E-state index is -0.247. The number of carbonyl (C=O) groups excluding carboxylic acids is 2. The van der Waals surface area contributed by atoms with Crippen LogP contribution >= 0.6 is 11.6 Å². The minimum Gasteiger partial charge on any atom is -0.493 e. The van der Waals surface area contributed by atoms with Gasteiger partial charge in [0.05, 0.1) is 28.4 Å². The predicted octanol–water partition coefficient (Wildman–Crippen LogP) is 3.77. The molecule has 0 N–H and O–H groups in total. The van der Waals surface area contributed by atoms with Crippen molar-refractivity contribution in [3.8, 4) is 46.5 Å². The molecule has 0 fully saturated rings. The summed E-state index contributed by atoms with van der Waals surface area (Å²) in [7, 11) is 5.58. The Kier molecular flexibility index (Phi) is 7.46. The number of aromatic nitrogens is 3. The molecule has 1 aromatic heterocycles. The van der Waals surface area contributed by atoms with Crippen LogP contribution in [-0.4, -0.2) is 56.0 Å². The first-order chi connectivity index (χ1) is 16.0. The third-order valence-electron chi connectivity index (χ3n) is 4.19. The number of benzene rings is 2. The van der Waals surface area contributed by atoms with Gasteiger partial charge in [0.25, 0.3) is 0 Å². The van der Waals surface area contributed by atoms with Crippen molar-refractivity contribution < 1.29 is 38.0 Å². The van der Waals surface area contributed by atoms with E-state index >= 15 is 0 Å². The molecule has 2 aromatic carbocycles. The van der Waals surface area contributed by atoms with E-state index < -0.39 is 0 Å². The highest BCUT2D eigenvalue weighted by atomic mass is 35.5. The molecule has 0 saturated heterocycles. The number of rotatable bonds is 10. The van der Waals surface area contributed by atoms with E-state index in [1.807, 2.05) is 0 Å². The first-order valence-electron chi connectivity index (χ1n) is 9.15. The third-order valence-corrected chi connectivity index (χ3v) is 4.36. The summed E-state index contributed by atoms with van der Waals surface area (Å²) in [5.41, 5.74) is 0.624. The SMILES string of the molecule is COc1cc(C=O)cc(OC)c1Oc1nc(Cl)nc(Oc2c(OC)cc(C=O)cc2OC)n1. The Morgan fingerprint density at radius 1 is 0.636 bits per heavy atom. The van der Waals surface area contributed by atoms with E-state index in [2.05, 4.69) is 15.0 Å². The number of ether oxygens (including phenoxy) is 6. The zero-order valence-corrected chi connectivity index (χ0v) is 18.7. The normalized spacial score (nSPS) is 10.2. The smallest absolute Gasteiger partial charge is 0.329 e. The Labute approximate surface area is 193 Å². The molecule has 0 amide bonds. The highest BCUT2D eigenvalue weighted by molar-refractivity contribution is 6.28. The maximum atomic E-state index is 11.2. The van der Waals surface area contributed by atoms with Gasteiger partial charge >= 0.3 is 12.0 Å². The fraction of sp³-hybridized carbons (Fsp3) is 0.190. The average molecular weight is 476 g/mol. The van der Waals surface area contributed by atoms with Crippen molar-refractivity contribution in [1.82, 2.24) is 15.0 Å². The predicted molar refractivity (Wildman–Crippen MR) is 115 cm³/mol. The number of carbonyl (C=O) groups is 2. The van der Waals surface area contributed by atoms with Crippen LogP contribution in [0.15, 0.2) is 24.3 Å². The van der Waals surface area contributed by atoms with Crippen LogP contribution < -0.4 is 28.4 Å². The molecule has 172 valence electrons. The molecule has 0 bridgehead atoms. The number of aldehydes is 2. The summed E-state index contributed by atoms with van der Waals surface area (Å²) in [4.78, 5) is 34.3. The van der Waals surface area contributed by atoms with E-state index in [9.17, 15) is 9.59 Å². The van der Waals surface area contributed by atoms with Gasteiger partial charge in [0.1, 0.15) is 12.6 Å². The van der Waals surface area contributed by atoms with Gasteiger partial charge in [0, 0.05) is 11.1 Å². The van der Waals surface area contributed by atoms with E-state index in [0.717, 1.165) is 0 Å². The molecule has 33 heavy (non-hydrogen) atoms. The summed E-state index contributed by atoms with van der Waals surface area (Å²) in [5, 5.41) is -0.236. The fourth-order valence-corrected chi connectivity index (χ4v) is 2.87. The molecule has 12 heteroatoms. The standard InChI is InChI=1S/C21H18ClN3O8/c1-28-13-5-11(9-26)6-14(29-2)17(13)32-20-23-19(22)24-21(25-20)33-18-15(30-3)7-12(10-27)8-16(18)31-4/h5-10H,1-4H3. The van der Waals surface area contributed by atoms with Crippen molar-refractivity contribution >= 4 is 24.2 Å². The summed E-state index contributed by atoms with van der Waals surface area (Å²) in [5.74, 6) is 0.992. The highest BCUT2D eigenvalue weighted by Gasteiger charge is 2.20. The maximum absolute atomic E-state index is 11.2. The van der Waals surface area contributed by atoms with Crippen molar-refractivity contribution in [3.05, 3.63) is 40.7 Å². The van der Waals surface area contributed by atoms with Crippen molar-refractivity contribution in [2.75, 3.05) is 28.4 Å². The van der Waals surface area contributed by atoms with E-state index in [1.54, 1.807) is 0 Å². The summed E-state index contributed by atoms with van der Waals surface area (Å²) < 4.78 is 32.6. The Morgan fingerprint density at radius 3 is 1.24 bits per heavy atom. The lowest BCUT2D eigenvalue weighted by molar-refractivity contribution is 0.111. The number of nitrogens with zero attached hydrogens (tertiary/aromatic N) is 3. The van der Waals surface area contributed by atoms with E-state index in [4.69, 9.17) is 40.0 Å². The summed E-state index contributed by atoms with van der Waals surface area (Å²) in [6, 6.07) is 5.32. The topological polar surface area (TPSA) is 128 Å². The Hall–Kier alpha value is -4.12. The maximum Gasteiger partial charge on any atom is 0.329 e. The van der Waals surface area contributed by atoms with Gasteiger partial charge in [-0.15, -0.1) is 4.98 Å². The average Bonchev–Trinajstić information content (AvgIpc) is 2.83. The first-order valence-corrected chi connectivity index (χ1v) is 9.53. The van der Waals surface area contributed by atoms with Crippen LogP contribution in [0.25, 0.3) is 0 Å². The van der Waals surface area contributed by atoms with E-state index in [0.29, 0.717) is 23.7 Å². The van der Waals surface area contributed by atoms with Crippen LogP contribution in [0.3, 0.4) is 0 Å². The second-order valence-corrected chi connectivity index (χ2v) is 6.46. The Bertz CT molecular complexity index is 1050. The largest absolute Gasteiger partial charge is 0.493 e. The highest BCUT2D eigenvalue weighted by Crippen LogP contribution is 2.42. The summed E-state index contributed by atoms with van der Waals surface area (Å²) in [6.07, 6.45) is 1.27. The summed E-state index contributed by atoms with van der Waals surface area (Å²) in [6.45, 7) is 0. The van der Waals surface area contributed by atoms with Crippen LogP contribution in [0.4, 0.5) is 0 Å². The van der Waals surface area contributed by atoms with Crippen LogP contribution in [0, 0.1) is 0 Å². The molecule has 3 rings (SSSR count). The van der Waals surface area contributed by atoms with Gasteiger partial charge in [0.2, 0.25) is 16.8 Å². The van der Waals surface area contributed by atoms with Crippen LogP contribution in [0.1, 0.15) is 20.7 Å². The fourth-order valence-electron chi connectivity index (χ4n) is 2.73. The molecule has 11 nitrogen and oxygen atoms in total. The molecule has 0 atom stereocenters. The van der Waals surface area contributed by atoms with Gasteiger partial charge < -0.3 is 28.4 Å². The Morgan fingerprint density at radius 2 is 0.970 bits per heavy atom. The van der Waals surface area contributed by atoms with E-state index in [-0.39, 0.29) is 51.8 Å². The van der Waals surface area contributed by atoms with Gasteiger partial charge in [-0.1, -0.05) is 0 Å². The lowest BCUT2D eigenvalue weighted by atomic mass is 10.2. The lowest BCUT2D eigenvalue weighted by Gasteiger charge is -2.15. The van der Waals surface area contributed by atoms with Gasteiger partial charge in [0.15, 0.2) is 23.0 Å². The van der Waals surface area contributed by atoms with Crippen LogP contribution in [0.5, 0.6) is 46.5 Å². The molecule has 1 heterocycles. The van der Waals surface area contributed by atoms with Crippen LogP contribution in [-0.2, 0) is 0 Å². The van der Waals surface area contributed by atoms with Gasteiger partial charge in [-0.3, -0.25) is 9.59 Å². The van der Waals surface area contributed by atoms with E-state index in [1.165, 1.54) is 52.7 Å². The number of hydrogen-bond donors (Lipinski definition) is 0. The molecular formula is C21H18ClN3O8. The van der Waals surface area contributed by atoms with Crippen molar-refractivity contribution in [2.24, 2.45) is 0 Å². The van der Waals surface area contributed by atoms with Gasteiger partial charge in [-0.05, 0) is 35.9 Å². The molecule has 0 saturated carbocycles. The number of methoxy groups -OCH3 is 4. The first kappa shape index (κ1) is 23.5. The number of halogens is 1. The van der Waals surface area contributed by atoms with Crippen LogP contribution in [0.2, 0.25) is 5.28 Å². The number of hydrogen-bond acceptors (Lipinski definition) is 11. The van der Waals surface area contributed by atoms with Gasteiger partial charge in [-0.2, -0.15) is 9.97 Å². The lowest BCUT2D eigenvalue weighted by Crippen LogP contribution is -2.03. The summed E-state index contributed by atoms with van der Waals surface area (Å²) >= 11 is 6.03. The molecular weight excluding hydrogens is 458 g/mol. The van der Waals surface area contributed by atoms with Crippen molar-refractivity contribution in [1.29, 1.82) is 0 Å². The molecule has 0 aliphatic rings. The van der Waals surface area contributed by atoms with Gasteiger partial charge in [-0.25, -0.2) is 0 Å². The monoisotopic (exact) mass is 475 g/mol. The molecule has 0 unspecified atom stereocenters. The molecule has 0 aliphatic heterocycles. The molecule has 3 aromatic rings. The van der Waals surface area contributed by atoms with Crippen molar-refractivity contribution in [2.45, 2.75) is 0 Å². The molecule has 0 radical (unpaired) electrons. The van der Waals surface area contributed by atoms with Crippen molar-refractivity contribution in [3.63, 3.8) is 0 Å². The molecule has 0 aliphatic carbocycles. The zero-order valence-electron chi connectivity index (χ0n) is 17.9. The zero-order chi connectivity index (χ0) is 24.0. The Balaban J connectivity index is 2.02. The second kappa shape index (κ2) is 10.5. The molecule has 0 spiro atoms. The quantitative estimate of drug-likeness (QED) is 0.397. The third kappa shape index (κ3) is 5.21.